The van der Waals surface area contributed by atoms with Crippen molar-refractivity contribution in [3.05, 3.63) is 99.1 Å². The number of halogens is 1. The Bertz CT molecular complexity index is 1350. The van der Waals surface area contributed by atoms with Gasteiger partial charge in [-0.3, -0.25) is 14.9 Å². The fourth-order valence-electron chi connectivity index (χ4n) is 3.17. The van der Waals surface area contributed by atoms with Gasteiger partial charge < -0.3 is 4.57 Å². The summed E-state index contributed by atoms with van der Waals surface area (Å²) in [6.45, 7) is 0.523. The zero-order valence-corrected chi connectivity index (χ0v) is 18.8. The van der Waals surface area contributed by atoms with Gasteiger partial charge in [-0.25, -0.2) is 10.4 Å². The molecule has 0 radical (unpaired) electrons. The molecular weight excluding hydrogens is 462 g/mol. The molecule has 4 aromatic rings. The maximum absolute atomic E-state index is 12.3. The van der Waals surface area contributed by atoms with Crippen molar-refractivity contribution >= 4 is 52.2 Å². The molecule has 166 valence electrons. The largest absolute Gasteiger partial charge is 0.314 e. The van der Waals surface area contributed by atoms with Crippen molar-refractivity contribution in [3.63, 3.8) is 0 Å². The molecule has 0 fully saturated rings. The van der Waals surface area contributed by atoms with Crippen LogP contribution in [0.1, 0.15) is 11.1 Å². The van der Waals surface area contributed by atoms with E-state index in [0.29, 0.717) is 22.3 Å². The Morgan fingerprint density at radius 2 is 1.94 bits per heavy atom. The smallest absolute Gasteiger partial charge is 0.270 e. The van der Waals surface area contributed by atoms with Crippen LogP contribution in [0.15, 0.2) is 83.1 Å². The number of hydrogen-bond acceptors (Lipinski definition) is 6. The maximum Gasteiger partial charge on any atom is 0.270 e. The Morgan fingerprint density at radius 1 is 1.15 bits per heavy atom. The Labute approximate surface area is 198 Å². The first kappa shape index (κ1) is 22.5. The third-order valence-electron chi connectivity index (χ3n) is 4.72. The summed E-state index contributed by atoms with van der Waals surface area (Å²) in [5.41, 5.74) is 5.64. The number of aromatic nitrogens is 2. The van der Waals surface area contributed by atoms with Gasteiger partial charge in [0.05, 0.1) is 34.5 Å². The van der Waals surface area contributed by atoms with Crippen LogP contribution in [0.25, 0.3) is 11.0 Å². The molecule has 0 aliphatic rings. The predicted octanol–water partition coefficient (Wildman–Crippen LogP) is 4.89. The van der Waals surface area contributed by atoms with Crippen molar-refractivity contribution in [2.75, 3.05) is 5.75 Å². The van der Waals surface area contributed by atoms with Crippen molar-refractivity contribution in [3.8, 4) is 0 Å². The Kier molecular flexibility index (Phi) is 7.01. The van der Waals surface area contributed by atoms with Gasteiger partial charge in [0.2, 0.25) is 0 Å². The number of non-ortho nitro benzene ring substituents is 1. The minimum Gasteiger partial charge on any atom is -0.314 e. The van der Waals surface area contributed by atoms with E-state index in [1.807, 2.05) is 53.1 Å². The molecule has 1 N–H and O–H groups in total. The van der Waals surface area contributed by atoms with Gasteiger partial charge in [-0.1, -0.05) is 65.8 Å². The monoisotopic (exact) mass is 479 g/mol. The number of fused-ring (bicyclic) bond motifs is 1. The Morgan fingerprint density at radius 3 is 2.76 bits per heavy atom. The highest BCUT2D eigenvalue weighted by Gasteiger charge is 2.14. The lowest BCUT2D eigenvalue weighted by atomic mass is 10.2. The molecule has 0 aliphatic carbocycles. The number of rotatable bonds is 8. The third-order valence-corrected chi connectivity index (χ3v) is 6.07. The predicted molar refractivity (Wildman–Crippen MR) is 130 cm³/mol. The van der Waals surface area contributed by atoms with Gasteiger partial charge >= 0.3 is 0 Å². The number of para-hydroxylation sites is 2. The van der Waals surface area contributed by atoms with Crippen molar-refractivity contribution in [1.29, 1.82) is 0 Å². The van der Waals surface area contributed by atoms with E-state index in [-0.39, 0.29) is 17.3 Å². The highest BCUT2D eigenvalue weighted by Crippen LogP contribution is 2.27. The van der Waals surface area contributed by atoms with E-state index in [0.717, 1.165) is 16.6 Å². The third kappa shape index (κ3) is 5.57. The molecule has 0 unspecified atom stereocenters. The van der Waals surface area contributed by atoms with E-state index in [1.54, 1.807) is 12.1 Å². The number of nitro groups is 1. The molecule has 0 spiro atoms. The van der Waals surface area contributed by atoms with Crippen LogP contribution >= 0.6 is 23.4 Å². The van der Waals surface area contributed by atoms with E-state index >= 15 is 0 Å². The maximum atomic E-state index is 12.3. The van der Waals surface area contributed by atoms with Crippen LogP contribution in [-0.4, -0.2) is 32.3 Å². The first-order chi connectivity index (χ1) is 16.0. The van der Waals surface area contributed by atoms with Gasteiger partial charge in [0.1, 0.15) is 0 Å². The van der Waals surface area contributed by atoms with E-state index in [2.05, 4.69) is 15.5 Å². The summed E-state index contributed by atoms with van der Waals surface area (Å²) in [6.07, 6.45) is 1.36. The normalized spacial score (nSPS) is 11.2. The molecule has 4 rings (SSSR count). The van der Waals surface area contributed by atoms with Gasteiger partial charge in [-0.15, -0.1) is 0 Å². The molecule has 8 nitrogen and oxygen atoms in total. The molecule has 0 bridgehead atoms. The van der Waals surface area contributed by atoms with E-state index < -0.39 is 4.92 Å². The van der Waals surface area contributed by atoms with Crippen molar-refractivity contribution in [1.82, 2.24) is 15.0 Å². The number of carbonyl (C=O) groups is 1. The number of benzene rings is 3. The average molecular weight is 480 g/mol. The molecule has 33 heavy (non-hydrogen) atoms. The minimum absolute atomic E-state index is 0.0433. The molecule has 0 aliphatic heterocycles. The summed E-state index contributed by atoms with van der Waals surface area (Å²) in [6, 6.07) is 21.4. The zero-order chi connectivity index (χ0) is 23.2. The van der Waals surface area contributed by atoms with Gasteiger partial charge in [-0.2, -0.15) is 5.10 Å². The van der Waals surface area contributed by atoms with Crippen molar-refractivity contribution < 1.29 is 9.72 Å². The molecule has 1 heterocycles. The van der Waals surface area contributed by atoms with Crippen molar-refractivity contribution in [2.45, 2.75) is 11.7 Å². The molecule has 0 atom stereocenters. The summed E-state index contributed by atoms with van der Waals surface area (Å²) >= 11 is 7.64. The number of amides is 1. The van der Waals surface area contributed by atoms with Gasteiger partial charge in [0.25, 0.3) is 11.6 Å². The summed E-state index contributed by atoms with van der Waals surface area (Å²) in [4.78, 5) is 27.3. The molecule has 10 heteroatoms. The molecular formula is C23H18ClN5O3S. The second-order valence-corrected chi connectivity index (χ2v) is 8.34. The van der Waals surface area contributed by atoms with Gasteiger partial charge in [0, 0.05) is 22.7 Å². The minimum atomic E-state index is -0.485. The van der Waals surface area contributed by atoms with Crippen LogP contribution in [0.4, 0.5) is 5.69 Å². The van der Waals surface area contributed by atoms with Crippen LogP contribution in [0.3, 0.4) is 0 Å². The van der Waals surface area contributed by atoms with Crippen LogP contribution in [0, 0.1) is 10.1 Å². The summed E-state index contributed by atoms with van der Waals surface area (Å²) < 4.78 is 2.03. The second-order valence-electron chi connectivity index (χ2n) is 6.99. The fourth-order valence-corrected chi connectivity index (χ4v) is 4.18. The lowest BCUT2D eigenvalue weighted by molar-refractivity contribution is -0.384. The lowest BCUT2D eigenvalue weighted by Gasteiger charge is -2.10. The van der Waals surface area contributed by atoms with Crippen LogP contribution in [-0.2, 0) is 11.3 Å². The summed E-state index contributed by atoms with van der Waals surface area (Å²) in [5, 5.41) is 16.1. The number of hydrazone groups is 1. The quantitative estimate of drug-likeness (QED) is 0.168. The van der Waals surface area contributed by atoms with Gasteiger partial charge in [0.15, 0.2) is 5.16 Å². The first-order valence-electron chi connectivity index (χ1n) is 9.89. The second kappa shape index (κ2) is 10.3. The summed E-state index contributed by atoms with van der Waals surface area (Å²) in [5.74, 6) is -0.226. The topological polar surface area (TPSA) is 102 Å². The fraction of sp³-hybridized carbons (Fsp3) is 0.0870. The molecule has 0 saturated carbocycles. The molecule has 3 aromatic carbocycles. The van der Waals surface area contributed by atoms with E-state index in [4.69, 9.17) is 11.6 Å². The number of hydrogen-bond donors (Lipinski definition) is 1. The molecule has 1 aromatic heterocycles. The van der Waals surface area contributed by atoms with E-state index in [1.165, 1.54) is 30.1 Å². The first-order valence-corrected chi connectivity index (χ1v) is 11.3. The number of nitro benzene ring substituents is 1. The highest BCUT2D eigenvalue weighted by molar-refractivity contribution is 7.99. The average Bonchev–Trinajstić information content (AvgIpc) is 3.17. The lowest BCUT2D eigenvalue weighted by Crippen LogP contribution is -2.20. The van der Waals surface area contributed by atoms with Crippen LogP contribution in [0.5, 0.6) is 0 Å². The standard InChI is InChI=1S/C23H18ClN5O3S/c24-19-9-2-1-7-17(19)14-28-21-11-4-3-10-20(21)26-23(28)33-15-22(30)27-25-13-16-6-5-8-18(12-16)29(31)32/h1-13H,14-15H2,(H,27,30). The SMILES string of the molecule is O=C(CSc1nc2ccccc2n1Cc1ccccc1Cl)NN=Cc1cccc([N+](=O)[O-])c1. The van der Waals surface area contributed by atoms with E-state index in [9.17, 15) is 14.9 Å². The van der Waals surface area contributed by atoms with Crippen LogP contribution < -0.4 is 5.43 Å². The zero-order valence-electron chi connectivity index (χ0n) is 17.2. The molecule has 1 amide bonds. The number of nitrogens with zero attached hydrogens (tertiary/aromatic N) is 4. The Hall–Kier alpha value is -3.69. The summed E-state index contributed by atoms with van der Waals surface area (Å²) in [7, 11) is 0. The molecule has 0 saturated heterocycles. The van der Waals surface area contributed by atoms with Crippen LogP contribution in [0.2, 0.25) is 5.02 Å². The number of nitrogens with one attached hydrogen (secondary N) is 1. The number of imidazole rings is 1. The Balaban J connectivity index is 1.44. The highest BCUT2D eigenvalue weighted by atomic mass is 35.5. The van der Waals surface area contributed by atoms with Crippen molar-refractivity contribution in [2.24, 2.45) is 5.10 Å². The number of thioether (sulfide) groups is 1. The number of carbonyl (C=O) groups excluding carboxylic acids is 1. The van der Waals surface area contributed by atoms with Gasteiger partial charge in [-0.05, 0) is 23.8 Å².